The van der Waals surface area contributed by atoms with Crippen LogP contribution in [0.1, 0.15) is 22.3 Å². The number of phenolic OH excluding ortho intramolecular Hbond substituents is 1. The number of benzene rings is 3. The molecule has 1 N–H and O–H groups in total. The summed E-state index contributed by atoms with van der Waals surface area (Å²) in [7, 11) is 0. The zero-order chi connectivity index (χ0) is 15.4. The molecule has 2 aliphatic rings. The van der Waals surface area contributed by atoms with E-state index in [1.807, 2.05) is 42.5 Å². The summed E-state index contributed by atoms with van der Waals surface area (Å²) in [6.45, 7) is 0.560. The van der Waals surface area contributed by atoms with Gasteiger partial charge in [0.15, 0.2) is 5.60 Å². The molecule has 0 aliphatic carbocycles. The summed E-state index contributed by atoms with van der Waals surface area (Å²) in [4.78, 5) is 0. The molecule has 3 nitrogen and oxygen atoms in total. The quantitative estimate of drug-likeness (QED) is 0.672. The van der Waals surface area contributed by atoms with Gasteiger partial charge in [0, 0.05) is 17.2 Å². The first-order valence-electron chi connectivity index (χ1n) is 7.62. The van der Waals surface area contributed by atoms with Gasteiger partial charge in [-0.2, -0.15) is 0 Å². The average Bonchev–Trinajstić information content (AvgIpc) is 2.95. The Balaban J connectivity index is 1.89. The molecule has 1 atom stereocenters. The Hall–Kier alpha value is -2.78. The van der Waals surface area contributed by atoms with E-state index in [2.05, 4.69) is 12.1 Å². The number of fused-ring (bicyclic) bond motifs is 6. The normalized spacial score (nSPS) is 20.5. The Kier molecular flexibility index (Phi) is 2.42. The molecule has 0 bridgehead atoms. The number of phenols is 1. The van der Waals surface area contributed by atoms with Gasteiger partial charge in [0.1, 0.15) is 17.2 Å². The van der Waals surface area contributed by atoms with Crippen molar-refractivity contribution in [3.8, 4) is 17.2 Å². The summed E-state index contributed by atoms with van der Waals surface area (Å²) >= 11 is 0. The molecule has 0 aromatic heterocycles. The molecule has 0 unspecified atom stereocenters. The minimum atomic E-state index is -0.672. The minimum Gasteiger partial charge on any atom is -0.508 e. The molecule has 3 aromatic carbocycles. The van der Waals surface area contributed by atoms with Crippen LogP contribution < -0.4 is 4.74 Å². The van der Waals surface area contributed by atoms with Crippen molar-refractivity contribution in [1.82, 2.24) is 0 Å². The molecule has 5 rings (SSSR count). The first-order chi connectivity index (χ1) is 11.3. The molecular weight excluding hydrogens is 288 g/mol. The highest BCUT2D eigenvalue weighted by Gasteiger charge is 2.49. The fourth-order valence-corrected chi connectivity index (χ4v) is 3.70. The van der Waals surface area contributed by atoms with Crippen LogP contribution >= 0.6 is 0 Å². The van der Waals surface area contributed by atoms with Gasteiger partial charge in [0.05, 0.1) is 6.61 Å². The summed E-state index contributed by atoms with van der Waals surface area (Å²) in [6.07, 6.45) is 0. The zero-order valence-corrected chi connectivity index (χ0v) is 12.3. The van der Waals surface area contributed by atoms with E-state index in [0.717, 1.165) is 22.4 Å². The van der Waals surface area contributed by atoms with Crippen LogP contribution in [0, 0.1) is 0 Å². The summed E-state index contributed by atoms with van der Waals surface area (Å²) in [5.74, 6) is 1.59. The molecule has 0 amide bonds. The standard InChI is InChI=1S/C20H14O3/c21-14-9-10-17-19(11-14)23-18-8-4-3-7-16(18)20(17)15-6-2-1-5-13(15)12-22-20/h1-11,21H,12H2/t20-/m1/s1. The van der Waals surface area contributed by atoms with Gasteiger partial charge in [-0.15, -0.1) is 0 Å². The van der Waals surface area contributed by atoms with Crippen molar-refractivity contribution in [1.29, 1.82) is 0 Å². The van der Waals surface area contributed by atoms with Crippen molar-refractivity contribution in [2.24, 2.45) is 0 Å². The molecule has 0 radical (unpaired) electrons. The van der Waals surface area contributed by atoms with Crippen LogP contribution in [-0.2, 0) is 16.9 Å². The predicted octanol–water partition coefficient (Wildman–Crippen LogP) is 4.32. The number of ether oxygens (including phenoxy) is 2. The molecule has 0 saturated carbocycles. The highest BCUT2D eigenvalue weighted by atomic mass is 16.5. The molecule has 3 aromatic rings. The Labute approximate surface area is 133 Å². The summed E-state index contributed by atoms with van der Waals surface area (Å²) in [5.41, 5.74) is 3.59. The second-order valence-corrected chi connectivity index (χ2v) is 5.91. The van der Waals surface area contributed by atoms with E-state index < -0.39 is 5.60 Å². The molecule has 0 saturated heterocycles. The SMILES string of the molecule is Oc1ccc2c(c1)Oc1ccccc1[C@@]21OCc2ccccc21. The number of hydrogen-bond acceptors (Lipinski definition) is 3. The van der Waals surface area contributed by atoms with Gasteiger partial charge in [-0.05, 0) is 29.3 Å². The van der Waals surface area contributed by atoms with Gasteiger partial charge in [-0.3, -0.25) is 0 Å². The largest absolute Gasteiger partial charge is 0.508 e. The lowest BCUT2D eigenvalue weighted by atomic mass is 9.78. The van der Waals surface area contributed by atoms with E-state index in [1.54, 1.807) is 12.1 Å². The maximum absolute atomic E-state index is 9.84. The van der Waals surface area contributed by atoms with Crippen LogP contribution in [0.15, 0.2) is 66.7 Å². The third-order valence-electron chi connectivity index (χ3n) is 4.67. The smallest absolute Gasteiger partial charge is 0.151 e. The van der Waals surface area contributed by atoms with Gasteiger partial charge in [0.25, 0.3) is 0 Å². The highest BCUT2D eigenvalue weighted by molar-refractivity contribution is 5.64. The molecule has 23 heavy (non-hydrogen) atoms. The van der Waals surface area contributed by atoms with E-state index in [-0.39, 0.29) is 5.75 Å². The van der Waals surface area contributed by atoms with Crippen LogP contribution in [0.25, 0.3) is 0 Å². The van der Waals surface area contributed by atoms with Crippen LogP contribution in [0.4, 0.5) is 0 Å². The van der Waals surface area contributed by atoms with Crippen molar-refractivity contribution in [2.45, 2.75) is 12.2 Å². The summed E-state index contributed by atoms with van der Waals surface area (Å²) in [5, 5.41) is 9.84. The monoisotopic (exact) mass is 302 g/mol. The van der Waals surface area contributed by atoms with Gasteiger partial charge in [-0.1, -0.05) is 42.5 Å². The molecule has 1 spiro atoms. The van der Waals surface area contributed by atoms with Gasteiger partial charge in [-0.25, -0.2) is 0 Å². The third kappa shape index (κ3) is 1.57. The predicted molar refractivity (Wildman–Crippen MR) is 85.7 cm³/mol. The minimum absolute atomic E-state index is 0.185. The highest BCUT2D eigenvalue weighted by Crippen LogP contribution is 2.56. The lowest BCUT2D eigenvalue weighted by Crippen LogP contribution is -2.32. The second kappa shape index (κ2) is 4.37. The van der Waals surface area contributed by atoms with E-state index >= 15 is 0 Å². The number of para-hydroxylation sites is 1. The molecule has 112 valence electrons. The molecular formula is C20H14O3. The number of aromatic hydroxyl groups is 1. The van der Waals surface area contributed by atoms with Crippen molar-refractivity contribution in [2.75, 3.05) is 0 Å². The van der Waals surface area contributed by atoms with Gasteiger partial charge >= 0.3 is 0 Å². The second-order valence-electron chi connectivity index (χ2n) is 5.91. The Morgan fingerprint density at radius 1 is 0.783 bits per heavy atom. The maximum atomic E-state index is 9.84. The average molecular weight is 302 g/mol. The van der Waals surface area contributed by atoms with E-state index in [0.29, 0.717) is 12.4 Å². The molecule has 0 fully saturated rings. The number of rotatable bonds is 0. The van der Waals surface area contributed by atoms with E-state index in [4.69, 9.17) is 9.47 Å². The van der Waals surface area contributed by atoms with Crippen molar-refractivity contribution >= 4 is 0 Å². The summed E-state index contributed by atoms with van der Waals surface area (Å²) < 4.78 is 12.4. The van der Waals surface area contributed by atoms with Crippen LogP contribution in [-0.4, -0.2) is 5.11 Å². The van der Waals surface area contributed by atoms with Crippen molar-refractivity contribution in [3.05, 3.63) is 89.0 Å². The van der Waals surface area contributed by atoms with Gasteiger partial charge < -0.3 is 14.6 Å². The Morgan fingerprint density at radius 2 is 1.52 bits per heavy atom. The molecule has 2 aliphatic heterocycles. The van der Waals surface area contributed by atoms with Crippen LogP contribution in [0.2, 0.25) is 0 Å². The van der Waals surface area contributed by atoms with Gasteiger partial charge in [0.2, 0.25) is 0 Å². The maximum Gasteiger partial charge on any atom is 0.151 e. The Bertz CT molecular complexity index is 932. The fraction of sp³-hybridized carbons (Fsp3) is 0.100. The molecule has 3 heteroatoms. The van der Waals surface area contributed by atoms with Crippen molar-refractivity contribution < 1.29 is 14.6 Å². The topological polar surface area (TPSA) is 38.7 Å². The number of hydrogen-bond donors (Lipinski definition) is 1. The summed E-state index contributed by atoms with van der Waals surface area (Å²) in [6, 6.07) is 21.4. The van der Waals surface area contributed by atoms with Crippen LogP contribution in [0.3, 0.4) is 0 Å². The van der Waals surface area contributed by atoms with E-state index in [9.17, 15) is 5.11 Å². The zero-order valence-electron chi connectivity index (χ0n) is 12.3. The first-order valence-corrected chi connectivity index (χ1v) is 7.62. The third-order valence-corrected chi connectivity index (χ3v) is 4.67. The van der Waals surface area contributed by atoms with Crippen molar-refractivity contribution in [3.63, 3.8) is 0 Å². The lowest BCUT2D eigenvalue weighted by molar-refractivity contribution is 0.0199. The lowest BCUT2D eigenvalue weighted by Gasteiger charge is -2.37. The van der Waals surface area contributed by atoms with Crippen LogP contribution in [0.5, 0.6) is 17.2 Å². The van der Waals surface area contributed by atoms with E-state index in [1.165, 1.54) is 5.56 Å². The Morgan fingerprint density at radius 3 is 2.43 bits per heavy atom. The molecule has 2 heterocycles. The first kappa shape index (κ1) is 12.7. The fourth-order valence-electron chi connectivity index (χ4n) is 3.70.